The van der Waals surface area contributed by atoms with Crippen molar-refractivity contribution in [1.82, 2.24) is 9.88 Å². The molecule has 3 aromatic rings. The van der Waals surface area contributed by atoms with E-state index in [-0.39, 0.29) is 18.3 Å². The number of amides is 1. The fourth-order valence-electron chi connectivity index (χ4n) is 2.85. The molecule has 1 N–H and O–H groups in total. The van der Waals surface area contributed by atoms with Crippen LogP contribution in [0.15, 0.2) is 53.1 Å². The number of hydrogen-bond acceptors (Lipinski definition) is 4. The topological polar surface area (TPSA) is 58.4 Å². The Morgan fingerprint density at radius 3 is 2.66 bits per heavy atom. The summed E-state index contributed by atoms with van der Waals surface area (Å²) in [7, 11) is 0. The molecule has 0 saturated heterocycles. The molecule has 2 aromatic carbocycles. The molecule has 29 heavy (non-hydrogen) atoms. The maximum absolute atomic E-state index is 13.1. The molecule has 152 valence electrons. The van der Waals surface area contributed by atoms with Crippen LogP contribution in [0.2, 0.25) is 10.0 Å². The molecule has 0 bridgehead atoms. The summed E-state index contributed by atoms with van der Waals surface area (Å²) in [6.07, 6.45) is 2.42. The molecule has 0 unspecified atom stereocenters. The van der Waals surface area contributed by atoms with Gasteiger partial charge in [-0.3, -0.25) is 9.69 Å². The smallest absolute Gasteiger partial charge is 0.238 e. The molecule has 0 radical (unpaired) electrons. The van der Waals surface area contributed by atoms with Gasteiger partial charge in [0.15, 0.2) is 0 Å². The average molecular weight is 436 g/mol. The first-order valence-corrected chi connectivity index (χ1v) is 9.88. The average Bonchev–Trinajstić information content (AvgIpc) is 3.13. The van der Waals surface area contributed by atoms with E-state index in [1.54, 1.807) is 36.6 Å². The number of benzene rings is 2. The fourth-order valence-corrected chi connectivity index (χ4v) is 3.30. The molecular formula is C21H20Cl2FN3O2. The van der Waals surface area contributed by atoms with E-state index >= 15 is 0 Å². The quantitative estimate of drug-likeness (QED) is 0.497. The second-order valence-electron chi connectivity index (χ2n) is 6.53. The first-order valence-electron chi connectivity index (χ1n) is 9.12. The number of hydrogen-bond donors (Lipinski definition) is 1. The highest BCUT2D eigenvalue weighted by molar-refractivity contribution is 6.36. The number of anilines is 1. The lowest BCUT2D eigenvalue weighted by Crippen LogP contribution is -2.33. The molecule has 0 saturated carbocycles. The summed E-state index contributed by atoms with van der Waals surface area (Å²) in [5.74, 6) is -0.0970. The highest BCUT2D eigenvalue weighted by Crippen LogP contribution is 2.25. The first-order chi connectivity index (χ1) is 13.9. The van der Waals surface area contributed by atoms with Crippen LogP contribution in [-0.2, 0) is 11.3 Å². The minimum atomic E-state index is -0.318. The second kappa shape index (κ2) is 9.87. The number of nitrogens with one attached hydrogen (secondary N) is 1. The van der Waals surface area contributed by atoms with Gasteiger partial charge in [0.25, 0.3) is 0 Å². The summed E-state index contributed by atoms with van der Waals surface area (Å²) in [6, 6.07) is 10.8. The minimum Gasteiger partial charge on any atom is -0.444 e. The molecule has 0 aliphatic rings. The summed E-state index contributed by atoms with van der Waals surface area (Å²) in [6.45, 7) is 3.36. The Morgan fingerprint density at radius 1 is 1.21 bits per heavy atom. The number of carbonyl (C=O) groups is 1. The largest absolute Gasteiger partial charge is 0.444 e. The van der Waals surface area contributed by atoms with Gasteiger partial charge in [0.05, 0.1) is 22.9 Å². The fraction of sp³-hybridized carbons (Fsp3) is 0.238. The van der Waals surface area contributed by atoms with Gasteiger partial charge in [-0.1, -0.05) is 30.1 Å². The molecule has 0 fully saturated rings. The molecule has 3 rings (SSSR count). The highest BCUT2D eigenvalue weighted by atomic mass is 35.5. The van der Waals surface area contributed by atoms with E-state index < -0.39 is 0 Å². The molecule has 5 nitrogen and oxygen atoms in total. The second-order valence-corrected chi connectivity index (χ2v) is 7.38. The van der Waals surface area contributed by atoms with Crippen LogP contribution in [0.25, 0.3) is 11.5 Å². The van der Waals surface area contributed by atoms with Crippen molar-refractivity contribution in [2.75, 3.05) is 18.4 Å². The summed E-state index contributed by atoms with van der Waals surface area (Å²) in [5, 5.41) is 3.68. The van der Waals surface area contributed by atoms with Gasteiger partial charge >= 0.3 is 0 Å². The molecule has 0 spiro atoms. The van der Waals surface area contributed by atoms with Gasteiger partial charge in [0.2, 0.25) is 11.8 Å². The van der Waals surface area contributed by atoms with Gasteiger partial charge in [0, 0.05) is 17.1 Å². The SMILES string of the molecule is CCCN(CC(=O)Nc1ccc(Cl)cc1Cl)Cc1coc(-c2ccc(F)cc2)n1. The van der Waals surface area contributed by atoms with Crippen molar-refractivity contribution < 1.29 is 13.6 Å². The van der Waals surface area contributed by atoms with Crippen LogP contribution in [0.3, 0.4) is 0 Å². The van der Waals surface area contributed by atoms with Crippen molar-refractivity contribution in [3.8, 4) is 11.5 Å². The van der Waals surface area contributed by atoms with Crippen LogP contribution in [0.4, 0.5) is 10.1 Å². The van der Waals surface area contributed by atoms with Crippen molar-refractivity contribution in [1.29, 1.82) is 0 Å². The van der Waals surface area contributed by atoms with E-state index in [0.29, 0.717) is 46.0 Å². The van der Waals surface area contributed by atoms with Gasteiger partial charge in [0.1, 0.15) is 12.1 Å². The van der Waals surface area contributed by atoms with Crippen molar-refractivity contribution >= 4 is 34.8 Å². The van der Waals surface area contributed by atoms with E-state index in [2.05, 4.69) is 10.3 Å². The van der Waals surface area contributed by atoms with Crippen molar-refractivity contribution in [3.63, 3.8) is 0 Å². The van der Waals surface area contributed by atoms with Crippen LogP contribution in [0, 0.1) is 5.82 Å². The molecule has 1 amide bonds. The van der Waals surface area contributed by atoms with E-state index in [1.807, 2.05) is 11.8 Å². The highest BCUT2D eigenvalue weighted by Gasteiger charge is 2.15. The number of rotatable bonds is 8. The maximum atomic E-state index is 13.1. The number of oxazole rings is 1. The molecule has 1 heterocycles. The van der Waals surface area contributed by atoms with E-state index in [0.717, 1.165) is 6.42 Å². The lowest BCUT2D eigenvalue weighted by Gasteiger charge is -2.20. The van der Waals surface area contributed by atoms with Crippen molar-refractivity contribution in [2.45, 2.75) is 19.9 Å². The maximum Gasteiger partial charge on any atom is 0.238 e. The van der Waals surface area contributed by atoms with E-state index in [1.165, 1.54) is 12.1 Å². The zero-order chi connectivity index (χ0) is 20.8. The molecule has 1 aromatic heterocycles. The van der Waals surface area contributed by atoms with Gasteiger partial charge in [-0.15, -0.1) is 0 Å². The molecular weight excluding hydrogens is 416 g/mol. The lowest BCUT2D eigenvalue weighted by atomic mass is 10.2. The van der Waals surface area contributed by atoms with Crippen LogP contribution >= 0.6 is 23.2 Å². The zero-order valence-electron chi connectivity index (χ0n) is 15.8. The number of aromatic nitrogens is 1. The summed E-state index contributed by atoms with van der Waals surface area (Å²) in [5.41, 5.74) is 1.89. The number of carbonyl (C=O) groups excluding carboxylic acids is 1. The third-order valence-electron chi connectivity index (χ3n) is 4.14. The predicted octanol–water partition coefficient (Wildman–Crippen LogP) is 5.64. The Morgan fingerprint density at radius 2 is 1.97 bits per heavy atom. The third kappa shape index (κ3) is 6.03. The van der Waals surface area contributed by atoms with Gasteiger partial charge in [-0.05, 0) is 55.4 Å². The Bertz CT molecular complexity index is 976. The summed E-state index contributed by atoms with van der Waals surface area (Å²) < 4.78 is 18.6. The Balaban J connectivity index is 1.64. The van der Waals surface area contributed by atoms with Crippen molar-refractivity contribution in [2.24, 2.45) is 0 Å². The molecule has 0 aliphatic heterocycles. The van der Waals surface area contributed by atoms with Crippen molar-refractivity contribution in [3.05, 3.63) is 70.3 Å². The molecule has 8 heteroatoms. The molecule has 0 aliphatic carbocycles. The van der Waals surface area contributed by atoms with Crippen LogP contribution in [0.1, 0.15) is 19.0 Å². The van der Waals surface area contributed by atoms with E-state index in [4.69, 9.17) is 27.6 Å². The minimum absolute atomic E-state index is 0.172. The normalized spacial score (nSPS) is 11.1. The number of halogens is 3. The monoisotopic (exact) mass is 435 g/mol. The summed E-state index contributed by atoms with van der Waals surface area (Å²) >= 11 is 12.0. The van der Waals surface area contributed by atoms with Crippen LogP contribution in [-0.4, -0.2) is 28.9 Å². The van der Waals surface area contributed by atoms with Crippen LogP contribution in [0.5, 0.6) is 0 Å². The van der Waals surface area contributed by atoms with Crippen LogP contribution < -0.4 is 5.32 Å². The van der Waals surface area contributed by atoms with E-state index in [9.17, 15) is 9.18 Å². The zero-order valence-corrected chi connectivity index (χ0v) is 17.3. The Hall–Kier alpha value is -2.41. The predicted molar refractivity (Wildman–Crippen MR) is 113 cm³/mol. The standard InChI is InChI=1S/C21H20Cl2FN3O2/c1-2-9-27(12-20(28)26-19-8-5-15(22)10-18(19)23)11-17-13-29-21(25-17)14-3-6-16(24)7-4-14/h3-8,10,13H,2,9,11-12H2,1H3,(H,26,28). The first kappa shape index (κ1) is 21.3. The summed E-state index contributed by atoms with van der Waals surface area (Å²) in [4.78, 5) is 18.9. The van der Waals surface area contributed by atoms with Gasteiger partial charge in [-0.2, -0.15) is 0 Å². The Kier molecular flexibility index (Phi) is 7.25. The third-order valence-corrected chi connectivity index (χ3v) is 4.69. The van der Waals surface area contributed by atoms with Gasteiger partial charge < -0.3 is 9.73 Å². The Labute approximate surface area is 178 Å². The number of nitrogens with zero attached hydrogens (tertiary/aromatic N) is 2. The van der Waals surface area contributed by atoms with Gasteiger partial charge in [-0.25, -0.2) is 9.37 Å². The molecule has 0 atom stereocenters. The lowest BCUT2D eigenvalue weighted by molar-refractivity contribution is -0.117.